The molecule has 92 valence electrons. The highest BCUT2D eigenvalue weighted by Gasteiger charge is 2.30. The third-order valence-corrected chi connectivity index (χ3v) is 3.74. The normalized spacial score (nSPS) is 24.6. The minimum atomic E-state index is 0.109. The lowest BCUT2D eigenvalue weighted by atomic mass is 9.75. The maximum Gasteiger partial charge on any atom is 0.167 e. The fraction of sp³-hybridized carbons (Fsp3) is 0.571. The minimum Gasteiger partial charge on any atom is -0.330 e. The van der Waals surface area contributed by atoms with Crippen LogP contribution < -0.4 is 5.73 Å². The number of carbonyl (C=O) groups excluding carboxylic acids is 1. The van der Waals surface area contributed by atoms with E-state index in [1.807, 2.05) is 19.1 Å². The fourth-order valence-electron chi connectivity index (χ4n) is 2.66. The summed E-state index contributed by atoms with van der Waals surface area (Å²) < 4.78 is 0. The first-order valence-corrected chi connectivity index (χ1v) is 6.39. The highest BCUT2D eigenvalue weighted by atomic mass is 16.1. The fourth-order valence-corrected chi connectivity index (χ4v) is 2.66. The molecule has 1 saturated carbocycles. The van der Waals surface area contributed by atoms with E-state index in [1.165, 1.54) is 6.42 Å². The molecule has 0 aromatic carbocycles. The van der Waals surface area contributed by atoms with Gasteiger partial charge in [-0.3, -0.25) is 9.78 Å². The summed E-state index contributed by atoms with van der Waals surface area (Å²) in [6.07, 6.45) is 6.12. The van der Waals surface area contributed by atoms with E-state index in [9.17, 15) is 4.79 Å². The number of rotatable bonds is 3. The molecule has 1 aromatic heterocycles. The standard InChI is InChI=1S/C14H20N2O/c1-10-6-7-12(9-16-10)14(17)13-5-3-2-4-11(13)8-15/h6-7,9,11,13H,2-5,8,15H2,1H3. The van der Waals surface area contributed by atoms with Crippen LogP contribution in [0.25, 0.3) is 0 Å². The van der Waals surface area contributed by atoms with Crippen molar-refractivity contribution < 1.29 is 4.79 Å². The first-order chi connectivity index (χ1) is 8.22. The zero-order chi connectivity index (χ0) is 12.3. The van der Waals surface area contributed by atoms with Crippen molar-refractivity contribution in [1.29, 1.82) is 0 Å². The number of hydrogen-bond acceptors (Lipinski definition) is 3. The molecule has 2 atom stereocenters. The van der Waals surface area contributed by atoms with E-state index in [2.05, 4.69) is 4.98 Å². The van der Waals surface area contributed by atoms with Crippen LogP contribution in [0.1, 0.15) is 41.7 Å². The first-order valence-electron chi connectivity index (χ1n) is 6.39. The van der Waals surface area contributed by atoms with Gasteiger partial charge < -0.3 is 5.73 Å². The second-order valence-electron chi connectivity index (χ2n) is 4.94. The Morgan fingerprint density at radius 1 is 1.41 bits per heavy atom. The summed E-state index contributed by atoms with van der Waals surface area (Å²) in [5.41, 5.74) is 7.45. The second kappa shape index (κ2) is 5.41. The lowest BCUT2D eigenvalue weighted by molar-refractivity contribution is 0.0829. The van der Waals surface area contributed by atoms with Crippen molar-refractivity contribution in [3.05, 3.63) is 29.6 Å². The molecule has 3 nitrogen and oxygen atoms in total. The Balaban J connectivity index is 2.15. The topological polar surface area (TPSA) is 56.0 Å². The van der Waals surface area contributed by atoms with Crippen molar-refractivity contribution >= 4 is 5.78 Å². The molecule has 2 rings (SSSR count). The lowest BCUT2D eigenvalue weighted by Gasteiger charge is -2.29. The molecule has 17 heavy (non-hydrogen) atoms. The Labute approximate surface area is 102 Å². The van der Waals surface area contributed by atoms with Crippen LogP contribution >= 0.6 is 0 Å². The predicted octanol–water partition coefficient (Wildman–Crippen LogP) is 2.34. The minimum absolute atomic E-state index is 0.109. The van der Waals surface area contributed by atoms with Crippen LogP contribution in [0.3, 0.4) is 0 Å². The Morgan fingerprint density at radius 2 is 2.18 bits per heavy atom. The summed E-state index contributed by atoms with van der Waals surface area (Å²) in [5, 5.41) is 0. The van der Waals surface area contributed by atoms with Gasteiger partial charge in [-0.15, -0.1) is 0 Å². The molecule has 0 amide bonds. The molecule has 1 heterocycles. The average molecular weight is 232 g/mol. The van der Waals surface area contributed by atoms with E-state index in [4.69, 9.17) is 5.73 Å². The molecule has 1 aliphatic rings. The van der Waals surface area contributed by atoms with Crippen molar-refractivity contribution in [3.8, 4) is 0 Å². The molecular weight excluding hydrogens is 212 g/mol. The number of ketones is 1. The van der Waals surface area contributed by atoms with Gasteiger partial charge in [-0.2, -0.15) is 0 Å². The van der Waals surface area contributed by atoms with E-state index in [-0.39, 0.29) is 11.7 Å². The van der Waals surface area contributed by atoms with Gasteiger partial charge in [0.15, 0.2) is 5.78 Å². The molecule has 0 radical (unpaired) electrons. The van der Waals surface area contributed by atoms with Crippen molar-refractivity contribution in [2.45, 2.75) is 32.6 Å². The maximum atomic E-state index is 12.4. The van der Waals surface area contributed by atoms with Gasteiger partial charge in [-0.05, 0) is 44.4 Å². The predicted molar refractivity (Wildman–Crippen MR) is 67.8 cm³/mol. The van der Waals surface area contributed by atoms with E-state index >= 15 is 0 Å². The van der Waals surface area contributed by atoms with Crippen molar-refractivity contribution in [1.82, 2.24) is 4.98 Å². The number of aryl methyl sites for hydroxylation is 1. The van der Waals surface area contributed by atoms with E-state index < -0.39 is 0 Å². The van der Waals surface area contributed by atoms with Gasteiger partial charge in [0.1, 0.15) is 0 Å². The summed E-state index contributed by atoms with van der Waals surface area (Å²) in [4.78, 5) is 16.6. The Hall–Kier alpha value is -1.22. The maximum absolute atomic E-state index is 12.4. The third-order valence-electron chi connectivity index (χ3n) is 3.74. The van der Waals surface area contributed by atoms with Crippen LogP contribution in [-0.4, -0.2) is 17.3 Å². The van der Waals surface area contributed by atoms with Crippen molar-refractivity contribution in [2.24, 2.45) is 17.6 Å². The first kappa shape index (κ1) is 12.2. The molecule has 0 spiro atoms. The highest BCUT2D eigenvalue weighted by molar-refractivity contribution is 5.97. The average Bonchev–Trinajstić information content (AvgIpc) is 2.39. The van der Waals surface area contributed by atoms with Crippen LogP contribution in [0.2, 0.25) is 0 Å². The lowest BCUT2D eigenvalue weighted by Crippen LogP contribution is -2.32. The molecule has 1 fully saturated rings. The number of carbonyl (C=O) groups is 1. The van der Waals surface area contributed by atoms with Gasteiger partial charge in [-0.25, -0.2) is 0 Å². The summed E-state index contributed by atoms with van der Waals surface area (Å²) in [5.74, 6) is 0.698. The smallest absolute Gasteiger partial charge is 0.167 e. The van der Waals surface area contributed by atoms with Gasteiger partial charge >= 0.3 is 0 Å². The molecular formula is C14H20N2O. The summed E-state index contributed by atoms with van der Waals surface area (Å²) in [6.45, 7) is 2.55. The molecule has 0 aliphatic heterocycles. The summed E-state index contributed by atoms with van der Waals surface area (Å²) in [7, 11) is 0. The van der Waals surface area contributed by atoms with E-state index in [0.717, 1.165) is 30.5 Å². The van der Waals surface area contributed by atoms with Gasteiger partial charge in [0.05, 0.1) is 0 Å². The number of nitrogens with two attached hydrogens (primary N) is 1. The van der Waals surface area contributed by atoms with Crippen LogP contribution in [0.4, 0.5) is 0 Å². The van der Waals surface area contributed by atoms with Crippen LogP contribution in [0.15, 0.2) is 18.3 Å². The zero-order valence-electron chi connectivity index (χ0n) is 10.4. The van der Waals surface area contributed by atoms with Crippen LogP contribution in [0, 0.1) is 18.8 Å². The number of Topliss-reactive ketones (excluding diaryl/α,β-unsaturated/α-hetero) is 1. The van der Waals surface area contributed by atoms with E-state index in [0.29, 0.717) is 12.5 Å². The Bertz CT molecular complexity index is 386. The molecule has 1 aromatic rings. The Morgan fingerprint density at radius 3 is 2.82 bits per heavy atom. The molecule has 0 bridgehead atoms. The summed E-state index contributed by atoms with van der Waals surface area (Å²) in [6, 6.07) is 3.78. The molecule has 2 N–H and O–H groups in total. The van der Waals surface area contributed by atoms with Crippen molar-refractivity contribution in [3.63, 3.8) is 0 Å². The van der Waals surface area contributed by atoms with Gasteiger partial charge in [0, 0.05) is 23.4 Å². The largest absolute Gasteiger partial charge is 0.330 e. The number of pyridine rings is 1. The number of hydrogen-bond donors (Lipinski definition) is 1. The molecule has 2 unspecified atom stereocenters. The molecule has 0 saturated heterocycles. The quantitative estimate of drug-likeness (QED) is 0.814. The number of aromatic nitrogens is 1. The molecule has 3 heteroatoms. The van der Waals surface area contributed by atoms with Crippen LogP contribution in [-0.2, 0) is 0 Å². The second-order valence-corrected chi connectivity index (χ2v) is 4.94. The molecule has 1 aliphatic carbocycles. The number of nitrogens with zero attached hydrogens (tertiary/aromatic N) is 1. The Kier molecular flexibility index (Phi) is 3.89. The summed E-state index contributed by atoms with van der Waals surface area (Å²) >= 11 is 0. The third kappa shape index (κ3) is 2.72. The van der Waals surface area contributed by atoms with E-state index in [1.54, 1.807) is 6.20 Å². The van der Waals surface area contributed by atoms with Crippen LogP contribution in [0.5, 0.6) is 0 Å². The SMILES string of the molecule is Cc1ccc(C(=O)C2CCCCC2CN)cn1. The highest BCUT2D eigenvalue weighted by Crippen LogP contribution is 2.31. The monoisotopic (exact) mass is 232 g/mol. The van der Waals surface area contributed by atoms with Gasteiger partial charge in [0.25, 0.3) is 0 Å². The van der Waals surface area contributed by atoms with Gasteiger partial charge in [0.2, 0.25) is 0 Å². The zero-order valence-corrected chi connectivity index (χ0v) is 10.4. The van der Waals surface area contributed by atoms with Crippen molar-refractivity contribution in [2.75, 3.05) is 6.54 Å². The van der Waals surface area contributed by atoms with Gasteiger partial charge in [-0.1, -0.05) is 12.8 Å².